The van der Waals surface area contributed by atoms with E-state index in [9.17, 15) is 4.39 Å². The number of nitrogens with two attached hydrogens (primary N) is 1. The molecule has 0 unspecified atom stereocenters. The molecule has 4 rings (SSSR count). The molecule has 0 spiro atoms. The molecular weight excluding hydrogens is 474 g/mol. The summed E-state index contributed by atoms with van der Waals surface area (Å²) in [4.78, 5) is 7.50. The lowest BCUT2D eigenvalue weighted by molar-refractivity contribution is 0.297. The highest BCUT2D eigenvalue weighted by atomic mass is 127. The van der Waals surface area contributed by atoms with Crippen LogP contribution >= 0.6 is 24.0 Å². The van der Waals surface area contributed by atoms with E-state index in [1.807, 2.05) is 24.4 Å². The van der Waals surface area contributed by atoms with Crippen LogP contribution in [0.3, 0.4) is 0 Å². The molecule has 1 aliphatic heterocycles. The van der Waals surface area contributed by atoms with Crippen LogP contribution in [0.2, 0.25) is 0 Å². The molecule has 0 radical (unpaired) electrons. The van der Waals surface area contributed by atoms with Gasteiger partial charge in [0.25, 0.3) is 0 Å². The minimum atomic E-state index is -0.248. The molecule has 148 valence electrons. The van der Waals surface area contributed by atoms with Gasteiger partial charge in [-0.2, -0.15) is 0 Å². The lowest BCUT2D eigenvalue weighted by Crippen LogP contribution is -2.23. The van der Waals surface area contributed by atoms with Crippen molar-refractivity contribution in [1.29, 1.82) is 0 Å². The maximum atomic E-state index is 13.4. The third-order valence-corrected chi connectivity index (χ3v) is 4.41. The van der Waals surface area contributed by atoms with Crippen molar-refractivity contribution in [3.63, 3.8) is 0 Å². The van der Waals surface area contributed by atoms with E-state index >= 15 is 0 Å². The van der Waals surface area contributed by atoms with Gasteiger partial charge in [0.1, 0.15) is 5.82 Å². The quantitative estimate of drug-likeness (QED) is 0.289. The Kier molecular flexibility index (Phi) is 6.61. The van der Waals surface area contributed by atoms with Crippen molar-refractivity contribution in [2.45, 2.75) is 12.8 Å². The summed E-state index contributed by atoms with van der Waals surface area (Å²) in [6.45, 7) is 1.78. The van der Waals surface area contributed by atoms with Crippen molar-refractivity contribution in [2.75, 3.05) is 25.1 Å². The summed E-state index contributed by atoms with van der Waals surface area (Å²) < 4.78 is 24.7. The first-order chi connectivity index (χ1) is 13.2. The SMILES string of the molecule is I.NC(=NCCc1c[nH]c2ccc(F)cc12)Nc1ccc2c(c1)OCCCO2. The number of halogens is 2. The van der Waals surface area contributed by atoms with E-state index in [4.69, 9.17) is 15.2 Å². The summed E-state index contributed by atoms with van der Waals surface area (Å²) >= 11 is 0. The summed E-state index contributed by atoms with van der Waals surface area (Å²) in [6.07, 6.45) is 3.40. The summed E-state index contributed by atoms with van der Waals surface area (Å²) in [6, 6.07) is 10.3. The number of guanidine groups is 1. The second kappa shape index (κ2) is 9.13. The van der Waals surface area contributed by atoms with E-state index in [0.29, 0.717) is 37.9 Å². The second-order valence-electron chi connectivity index (χ2n) is 6.36. The van der Waals surface area contributed by atoms with Crippen molar-refractivity contribution >= 4 is 46.5 Å². The van der Waals surface area contributed by atoms with Crippen LogP contribution in [0, 0.1) is 5.82 Å². The minimum Gasteiger partial charge on any atom is -0.490 e. The van der Waals surface area contributed by atoms with Gasteiger partial charge in [0, 0.05) is 41.8 Å². The third-order valence-electron chi connectivity index (χ3n) is 4.41. The first-order valence-corrected chi connectivity index (χ1v) is 8.91. The number of nitrogens with one attached hydrogen (secondary N) is 2. The number of hydrogen-bond donors (Lipinski definition) is 3. The second-order valence-corrected chi connectivity index (χ2v) is 6.36. The van der Waals surface area contributed by atoms with E-state index < -0.39 is 0 Å². The minimum absolute atomic E-state index is 0. The van der Waals surface area contributed by atoms with Crippen LogP contribution in [0.15, 0.2) is 47.6 Å². The van der Waals surface area contributed by atoms with E-state index in [2.05, 4.69) is 15.3 Å². The molecule has 0 saturated heterocycles. The zero-order chi connectivity index (χ0) is 18.6. The molecular formula is C20H22FIN4O2. The maximum absolute atomic E-state index is 13.4. The van der Waals surface area contributed by atoms with Gasteiger partial charge in [0.2, 0.25) is 0 Å². The third kappa shape index (κ3) is 4.67. The number of benzene rings is 2. The highest BCUT2D eigenvalue weighted by Gasteiger charge is 2.11. The molecule has 2 aromatic carbocycles. The molecule has 2 heterocycles. The molecule has 3 aromatic rings. The van der Waals surface area contributed by atoms with Crippen LogP contribution in [-0.2, 0) is 6.42 Å². The summed E-state index contributed by atoms with van der Waals surface area (Å²) in [5.74, 6) is 1.50. The summed E-state index contributed by atoms with van der Waals surface area (Å²) in [5, 5.41) is 3.94. The van der Waals surface area contributed by atoms with Crippen molar-refractivity contribution in [2.24, 2.45) is 10.7 Å². The highest BCUT2D eigenvalue weighted by molar-refractivity contribution is 14.0. The van der Waals surface area contributed by atoms with Crippen molar-refractivity contribution < 1.29 is 13.9 Å². The number of aromatic nitrogens is 1. The van der Waals surface area contributed by atoms with E-state index in [0.717, 1.165) is 34.3 Å². The summed E-state index contributed by atoms with van der Waals surface area (Å²) in [5.41, 5.74) is 8.70. The van der Waals surface area contributed by atoms with E-state index in [-0.39, 0.29) is 29.8 Å². The smallest absolute Gasteiger partial charge is 0.193 e. The van der Waals surface area contributed by atoms with Gasteiger partial charge in [-0.3, -0.25) is 4.99 Å². The number of aliphatic imine (C=N–C) groups is 1. The fourth-order valence-corrected chi connectivity index (χ4v) is 3.08. The Morgan fingerprint density at radius 2 is 1.96 bits per heavy atom. The Morgan fingerprint density at radius 1 is 1.14 bits per heavy atom. The molecule has 0 fully saturated rings. The van der Waals surface area contributed by atoms with Gasteiger partial charge in [-0.25, -0.2) is 4.39 Å². The number of nitrogens with zero attached hydrogens (tertiary/aromatic N) is 1. The maximum Gasteiger partial charge on any atom is 0.193 e. The van der Waals surface area contributed by atoms with Crippen LogP contribution in [0.4, 0.5) is 10.1 Å². The van der Waals surface area contributed by atoms with Gasteiger partial charge < -0.3 is 25.5 Å². The van der Waals surface area contributed by atoms with Gasteiger partial charge >= 0.3 is 0 Å². The van der Waals surface area contributed by atoms with Gasteiger partial charge in [-0.1, -0.05) is 0 Å². The van der Waals surface area contributed by atoms with Crippen LogP contribution in [0.5, 0.6) is 11.5 Å². The molecule has 6 nitrogen and oxygen atoms in total. The molecule has 1 aliphatic rings. The number of anilines is 1. The largest absolute Gasteiger partial charge is 0.490 e. The average Bonchev–Trinajstić information content (AvgIpc) is 2.90. The van der Waals surface area contributed by atoms with Gasteiger partial charge in [0.05, 0.1) is 13.2 Å². The fraction of sp³-hybridized carbons (Fsp3) is 0.250. The number of hydrogen-bond acceptors (Lipinski definition) is 3. The van der Waals surface area contributed by atoms with Gasteiger partial charge in [0.15, 0.2) is 17.5 Å². The first-order valence-electron chi connectivity index (χ1n) is 8.91. The lowest BCUT2D eigenvalue weighted by atomic mass is 10.1. The molecule has 0 atom stereocenters. The van der Waals surface area contributed by atoms with Crippen molar-refractivity contribution in [3.05, 3.63) is 54.0 Å². The van der Waals surface area contributed by atoms with E-state index in [1.54, 1.807) is 6.07 Å². The average molecular weight is 496 g/mol. The Labute approximate surface area is 179 Å². The number of fused-ring (bicyclic) bond motifs is 2. The van der Waals surface area contributed by atoms with Crippen LogP contribution < -0.4 is 20.5 Å². The predicted octanol–water partition coefficient (Wildman–Crippen LogP) is 4.06. The highest BCUT2D eigenvalue weighted by Crippen LogP contribution is 2.32. The van der Waals surface area contributed by atoms with Gasteiger partial charge in [-0.15, -0.1) is 24.0 Å². The van der Waals surface area contributed by atoms with Crippen LogP contribution in [-0.4, -0.2) is 30.7 Å². The normalized spacial score (nSPS) is 13.7. The Balaban J connectivity index is 0.00000225. The zero-order valence-corrected chi connectivity index (χ0v) is 17.5. The molecule has 0 amide bonds. The Hall–Kier alpha value is -2.49. The van der Waals surface area contributed by atoms with Gasteiger partial charge in [-0.05, 0) is 42.3 Å². The standard InChI is InChI=1S/C20H21FN4O2.HI/c21-14-2-4-17-16(10-14)13(12-24-17)6-7-23-20(22)25-15-3-5-18-19(11-15)27-9-1-8-26-18;/h2-5,10-12,24H,1,6-9H2,(H3,22,23,25);1H. The molecule has 0 saturated carbocycles. The van der Waals surface area contributed by atoms with Crippen LogP contribution in [0.1, 0.15) is 12.0 Å². The Morgan fingerprint density at radius 3 is 2.82 bits per heavy atom. The predicted molar refractivity (Wildman–Crippen MR) is 120 cm³/mol. The Bertz CT molecular complexity index is 989. The lowest BCUT2D eigenvalue weighted by Gasteiger charge is -2.10. The molecule has 0 bridgehead atoms. The molecule has 8 heteroatoms. The number of aromatic amines is 1. The van der Waals surface area contributed by atoms with Crippen molar-refractivity contribution in [3.8, 4) is 11.5 Å². The summed E-state index contributed by atoms with van der Waals surface area (Å²) in [7, 11) is 0. The van der Waals surface area contributed by atoms with Crippen LogP contribution in [0.25, 0.3) is 10.9 Å². The molecule has 0 aliphatic carbocycles. The number of H-pyrrole nitrogens is 1. The molecule has 28 heavy (non-hydrogen) atoms. The number of ether oxygens (including phenoxy) is 2. The van der Waals surface area contributed by atoms with Crippen molar-refractivity contribution in [1.82, 2.24) is 4.98 Å². The monoisotopic (exact) mass is 496 g/mol. The molecule has 1 aromatic heterocycles. The topological polar surface area (TPSA) is 84.7 Å². The number of rotatable bonds is 4. The fourth-order valence-electron chi connectivity index (χ4n) is 3.08. The first kappa shape index (κ1) is 20.2. The molecule has 4 N–H and O–H groups in total. The zero-order valence-electron chi connectivity index (χ0n) is 15.2. The van der Waals surface area contributed by atoms with E-state index in [1.165, 1.54) is 12.1 Å².